The minimum atomic E-state index is -0.973. The number of aromatic nitrogens is 1. The summed E-state index contributed by atoms with van der Waals surface area (Å²) in [5.41, 5.74) is 0.541. The summed E-state index contributed by atoms with van der Waals surface area (Å²) in [6.45, 7) is 4.72. The van der Waals surface area contributed by atoms with E-state index >= 15 is 0 Å². The zero-order chi connectivity index (χ0) is 24.8. The number of hydrogen-bond acceptors (Lipinski definition) is 5. The number of likely N-dealkylation sites (tertiary alicyclic amines) is 1. The summed E-state index contributed by atoms with van der Waals surface area (Å²) in [4.78, 5) is 42.3. The molecule has 1 aromatic heterocycles. The van der Waals surface area contributed by atoms with Crippen LogP contribution in [0.3, 0.4) is 0 Å². The molecule has 4 amide bonds. The highest BCUT2D eigenvalue weighted by molar-refractivity contribution is 6.07. The van der Waals surface area contributed by atoms with E-state index in [1.165, 1.54) is 10.5 Å². The van der Waals surface area contributed by atoms with E-state index in [4.69, 9.17) is 4.52 Å². The smallest absolute Gasteiger partial charge is 0.325 e. The third-order valence-corrected chi connectivity index (χ3v) is 7.10. The van der Waals surface area contributed by atoms with Crippen molar-refractivity contribution in [2.45, 2.75) is 57.9 Å². The van der Waals surface area contributed by atoms with Crippen LogP contribution in [0.5, 0.6) is 0 Å². The molecule has 0 saturated carbocycles. The minimum Gasteiger partial charge on any atom is -0.361 e. The second-order valence-corrected chi connectivity index (χ2v) is 9.16. The highest BCUT2D eigenvalue weighted by Crippen LogP contribution is 2.37. The number of carbonyl (C=O) groups is 3. The van der Waals surface area contributed by atoms with Crippen molar-refractivity contribution in [3.63, 3.8) is 0 Å². The van der Waals surface area contributed by atoms with Crippen molar-refractivity contribution in [2.24, 2.45) is 5.92 Å². The Labute approximate surface area is 206 Å². The molecule has 2 saturated heterocycles. The molecule has 2 aliphatic heterocycles. The first-order valence-electron chi connectivity index (χ1n) is 12.3. The molecule has 2 fully saturated rings. The van der Waals surface area contributed by atoms with Crippen molar-refractivity contribution in [3.05, 3.63) is 53.4 Å². The fourth-order valence-corrected chi connectivity index (χ4v) is 5.13. The number of rotatable bonds is 8. The number of amides is 4. The second-order valence-electron chi connectivity index (χ2n) is 9.16. The van der Waals surface area contributed by atoms with Crippen LogP contribution < -0.4 is 5.32 Å². The van der Waals surface area contributed by atoms with Gasteiger partial charge in [0, 0.05) is 25.6 Å². The number of imide groups is 1. The first-order chi connectivity index (χ1) is 17.0. The molecule has 8 nitrogen and oxygen atoms in total. The van der Waals surface area contributed by atoms with Crippen LogP contribution in [0.1, 0.15) is 61.3 Å². The molecule has 0 bridgehead atoms. The Kier molecular flexibility index (Phi) is 7.54. The first-order valence-corrected chi connectivity index (χ1v) is 12.3. The minimum absolute atomic E-state index is 0.0677. The Morgan fingerprint density at radius 1 is 1.23 bits per heavy atom. The van der Waals surface area contributed by atoms with Crippen molar-refractivity contribution in [1.82, 2.24) is 20.3 Å². The Balaban J connectivity index is 1.48. The van der Waals surface area contributed by atoms with E-state index in [0.29, 0.717) is 50.2 Å². The number of benzene rings is 1. The molecule has 4 rings (SSSR count). The molecule has 8 heteroatoms. The monoisotopic (exact) mass is 476 g/mol. The average Bonchev–Trinajstić information content (AvgIpc) is 3.46. The Morgan fingerprint density at radius 3 is 2.63 bits per heavy atom. The molecule has 1 atom stereocenters. The van der Waals surface area contributed by atoms with Crippen LogP contribution in [0.4, 0.5) is 4.79 Å². The van der Waals surface area contributed by atoms with Crippen LogP contribution in [-0.2, 0) is 17.6 Å². The lowest BCUT2D eigenvalue weighted by Gasteiger charge is -2.40. The molecule has 1 N–H and O–H groups in total. The van der Waals surface area contributed by atoms with E-state index in [1.807, 2.05) is 25.1 Å². The van der Waals surface area contributed by atoms with E-state index in [1.54, 1.807) is 17.9 Å². The maximum atomic E-state index is 13.6. The van der Waals surface area contributed by atoms with Crippen molar-refractivity contribution < 1.29 is 18.9 Å². The van der Waals surface area contributed by atoms with Gasteiger partial charge in [0.05, 0.1) is 6.54 Å². The zero-order valence-electron chi connectivity index (χ0n) is 20.4. The summed E-state index contributed by atoms with van der Waals surface area (Å²) in [5.74, 6) is 5.86. The topological polar surface area (TPSA) is 95.8 Å². The standard InChI is InChI=1S/C27H32N4O4/c1-3-5-16-31-25(33)27(28-26(31)34,15-9-12-20-10-7-6-8-11-20)21-13-17-30(18-14-21)24(32)23-19-22(4-2)35-29-23/h6-8,10-11,19,21H,4,9,12-18H2,1-2H3,(H,28,34)/t27-/m0/s1. The summed E-state index contributed by atoms with van der Waals surface area (Å²) in [6.07, 6.45) is 4.05. The lowest BCUT2D eigenvalue weighted by atomic mass is 9.74. The molecule has 0 spiro atoms. The van der Waals surface area contributed by atoms with Gasteiger partial charge in [0.1, 0.15) is 11.3 Å². The van der Waals surface area contributed by atoms with Crippen molar-refractivity contribution in [1.29, 1.82) is 0 Å². The van der Waals surface area contributed by atoms with E-state index in [0.717, 1.165) is 12.8 Å². The summed E-state index contributed by atoms with van der Waals surface area (Å²) >= 11 is 0. The molecular weight excluding hydrogens is 444 g/mol. The molecule has 2 aromatic rings. The van der Waals surface area contributed by atoms with Gasteiger partial charge in [-0.25, -0.2) is 4.79 Å². The van der Waals surface area contributed by atoms with Gasteiger partial charge < -0.3 is 14.7 Å². The number of nitrogens with zero attached hydrogens (tertiary/aromatic N) is 3. The van der Waals surface area contributed by atoms with Gasteiger partial charge in [-0.1, -0.05) is 48.3 Å². The van der Waals surface area contributed by atoms with Crippen molar-refractivity contribution in [2.75, 3.05) is 19.6 Å². The van der Waals surface area contributed by atoms with Crippen LogP contribution >= 0.6 is 0 Å². The number of urea groups is 1. The molecule has 1 aromatic carbocycles. The van der Waals surface area contributed by atoms with Gasteiger partial charge in [0.2, 0.25) is 0 Å². The number of carbonyl (C=O) groups excluding carboxylic acids is 3. The lowest BCUT2D eigenvalue weighted by molar-refractivity contribution is -0.133. The van der Waals surface area contributed by atoms with Gasteiger partial charge in [0.25, 0.3) is 11.8 Å². The van der Waals surface area contributed by atoms with E-state index in [9.17, 15) is 14.4 Å². The fraction of sp³-hybridized carbons (Fsp3) is 0.481. The Morgan fingerprint density at radius 2 is 1.97 bits per heavy atom. The van der Waals surface area contributed by atoms with E-state index < -0.39 is 5.54 Å². The third-order valence-electron chi connectivity index (χ3n) is 7.10. The van der Waals surface area contributed by atoms with Crippen LogP contribution in [0.2, 0.25) is 0 Å². The van der Waals surface area contributed by atoms with E-state index in [2.05, 4.69) is 34.4 Å². The first kappa shape index (κ1) is 24.5. The SMILES string of the molecule is CC#CCN1C(=O)N[C@@](CCCc2ccccc2)(C2CCN(C(=O)c3cc(CC)on3)CC2)C1=O. The molecule has 2 aliphatic rings. The predicted octanol–water partition coefficient (Wildman–Crippen LogP) is 3.43. The zero-order valence-corrected chi connectivity index (χ0v) is 20.4. The van der Waals surface area contributed by atoms with Crippen LogP contribution in [-0.4, -0.2) is 58.0 Å². The van der Waals surface area contributed by atoms with Gasteiger partial charge in [-0.15, -0.1) is 5.92 Å². The quantitative estimate of drug-likeness (QED) is 0.465. The van der Waals surface area contributed by atoms with Crippen molar-refractivity contribution >= 4 is 17.8 Å². The van der Waals surface area contributed by atoms with Crippen LogP contribution in [0.25, 0.3) is 0 Å². The highest BCUT2D eigenvalue weighted by atomic mass is 16.5. The highest BCUT2D eigenvalue weighted by Gasteiger charge is 2.55. The van der Waals surface area contributed by atoms with Gasteiger partial charge >= 0.3 is 6.03 Å². The van der Waals surface area contributed by atoms with Gasteiger partial charge in [-0.05, 0) is 50.5 Å². The van der Waals surface area contributed by atoms with Gasteiger partial charge in [-0.3, -0.25) is 14.5 Å². The maximum Gasteiger partial charge on any atom is 0.325 e. The molecule has 0 radical (unpaired) electrons. The number of nitrogens with one attached hydrogen (secondary N) is 1. The third kappa shape index (κ3) is 5.09. The van der Waals surface area contributed by atoms with Crippen LogP contribution in [0.15, 0.2) is 40.9 Å². The lowest BCUT2D eigenvalue weighted by Crippen LogP contribution is -2.56. The molecule has 184 valence electrons. The number of piperidine rings is 1. The van der Waals surface area contributed by atoms with Crippen LogP contribution in [0, 0.1) is 17.8 Å². The summed E-state index contributed by atoms with van der Waals surface area (Å²) in [6, 6.07) is 11.4. The number of aryl methyl sites for hydroxylation is 2. The number of hydrogen-bond donors (Lipinski definition) is 1. The Bertz CT molecular complexity index is 1120. The maximum absolute atomic E-state index is 13.6. The summed E-state index contributed by atoms with van der Waals surface area (Å²) < 4.78 is 5.19. The summed E-state index contributed by atoms with van der Waals surface area (Å²) in [5, 5.41) is 6.96. The largest absolute Gasteiger partial charge is 0.361 e. The molecular formula is C27H32N4O4. The average molecular weight is 477 g/mol. The molecule has 35 heavy (non-hydrogen) atoms. The normalized spacial score (nSPS) is 20.5. The predicted molar refractivity (Wildman–Crippen MR) is 130 cm³/mol. The Hall–Kier alpha value is -3.60. The van der Waals surface area contributed by atoms with E-state index in [-0.39, 0.29) is 30.3 Å². The fourth-order valence-electron chi connectivity index (χ4n) is 5.13. The van der Waals surface area contributed by atoms with Gasteiger partial charge in [-0.2, -0.15) is 0 Å². The van der Waals surface area contributed by atoms with Crippen molar-refractivity contribution in [3.8, 4) is 11.8 Å². The molecule has 0 aliphatic carbocycles. The second kappa shape index (κ2) is 10.8. The molecule has 0 unspecified atom stereocenters. The summed E-state index contributed by atoms with van der Waals surface area (Å²) in [7, 11) is 0. The molecule has 3 heterocycles. The van der Waals surface area contributed by atoms with Gasteiger partial charge in [0.15, 0.2) is 5.69 Å².